The topological polar surface area (TPSA) is 24.5 Å². The van der Waals surface area contributed by atoms with Crippen LogP contribution < -0.4 is 5.32 Å². The predicted molar refractivity (Wildman–Crippen MR) is 57.5 cm³/mol. The molecule has 82 valence electrons. The molecule has 2 fully saturated rings. The smallest absolute Gasteiger partial charge is 0.0700 e. The highest BCUT2D eigenvalue weighted by Gasteiger charge is 2.22. The molecule has 0 radical (unpaired) electrons. The van der Waals surface area contributed by atoms with Crippen LogP contribution in [0.4, 0.5) is 0 Å². The van der Waals surface area contributed by atoms with Crippen molar-refractivity contribution in [2.24, 2.45) is 0 Å². The van der Waals surface area contributed by atoms with Crippen molar-refractivity contribution >= 4 is 0 Å². The molecule has 1 N–H and O–H groups in total. The Morgan fingerprint density at radius 2 is 2.29 bits per heavy atom. The quantitative estimate of drug-likeness (QED) is 0.727. The lowest BCUT2D eigenvalue weighted by Crippen LogP contribution is -2.38. The van der Waals surface area contributed by atoms with Crippen LogP contribution >= 0.6 is 0 Å². The molecule has 0 spiro atoms. The van der Waals surface area contributed by atoms with Crippen molar-refractivity contribution in [1.82, 2.24) is 10.2 Å². The molecule has 2 saturated heterocycles. The molecule has 0 bridgehead atoms. The third kappa shape index (κ3) is 2.69. The molecule has 2 rings (SSSR count). The normalized spacial score (nSPS) is 34.9. The lowest BCUT2D eigenvalue weighted by Gasteiger charge is -2.26. The number of hydrogen-bond acceptors (Lipinski definition) is 3. The van der Waals surface area contributed by atoms with Crippen molar-refractivity contribution in [3.63, 3.8) is 0 Å². The van der Waals surface area contributed by atoms with E-state index in [0.717, 1.165) is 13.2 Å². The van der Waals surface area contributed by atoms with E-state index in [2.05, 4.69) is 17.3 Å². The molecule has 0 aliphatic carbocycles. The van der Waals surface area contributed by atoms with Crippen LogP contribution in [0.1, 0.15) is 25.7 Å². The second kappa shape index (κ2) is 5.10. The van der Waals surface area contributed by atoms with E-state index in [4.69, 9.17) is 4.74 Å². The molecule has 2 unspecified atom stereocenters. The van der Waals surface area contributed by atoms with E-state index in [-0.39, 0.29) is 0 Å². The standard InChI is InChI=1S/C11H22N2O/c1-13-7-3-4-10(13)9-14-11-5-2-6-12-8-11/h10-12H,2-9H2,1H3. The monoisotopic (exact) mass is 198 g/mol. The van der Waals surface area contributed by atoms with Crippen LogP contribution in [0.25, 0.3) is 0 Å². The summed E-state index contributed by atoms with van der Waals surface area (Å²) >= 11 is 0. The number of piperidine rings is 1. The summed E-state index contributed by atoms with van der Waals surface area (Å²) in [4.78, 5) is 2.43. The first-order valence-corrected chi connectivity index (χ1v) is 5.89. The number of likely N-dealkylation sites (tertiary alicyclic amines) is 1. The van der Waals surface area contributed by atoms with E-state index in [1.54, 1.807) is 0 Å². The number of hydrogen-bond donors (Lipinski definition) is 1. The van der Waals surface area contributed by atoms with Gasteiger partial charge in [-0.1, -0.05) is 0 Å². The largest absolute Gasteiger partial charge is 0.375 e. The number of likely N-dealkylation sites (N-methyl/N-ethyl adjacent to an activating group) is 1. The van der Waals surface area contributed by atoms with Crippen molar-refractivity contribution in [1.29, 1.82) is 0 Å². The molecular weight excluding hydrogens is 176 g/mol. The molecule has 0 aromatic heterocycles. The zero-order valence-electron chi connectivity index (χ0n) is 9.17. The van der Waals surface area contributed by atoms with E-state index < -0.39 is 0 Å². The summed E-state index contributed by atoms with van der Waals surface area (Å²) < 4.78 is 5.93. The Labute approximate surface area is 86.8 Å². The average Bonchev–Trinajstić information content (AvgIpc) is 2.63. The maximum atomic E-state index is 5.93. The molecule has 3 heteroatoms. The molecular formula is C11H22N2O. The number of nitrogens with zero attached hydrogens (tertiary/aromatic N) is 1. The molecule has 0 aromatic carbocycles. The van der Waals surface area contributed by atoms with Crippen LogP contribution in [0.5, 0.6) is 0 Å². The van der Waals surface area contributed by atoms with Crippen LogP contribution in [-0.2, 0) is 4.74 Å². The van der Waals surface area contributed by atoms with E-state index in [1.165, 1.54) is 38.8 Å². The van der Waals surface area contributed by atoms with Crippen molar-refractivity contribution in [3.8, 4) is 0 Å². The highest BCUT2D eigenvalue weighted by Crippen LogP contribution is 2.16. The summed E-state index contributed by atoms with van der Waals surface area (Å²) in [5, 5.41) is 3.38. The number of ether oxygens (including phenoxy) is 1. The summed E-state index contributed by atoms with van der Waals surface area (Å²) in [7, 11) is 2.21. The van der Waals surface area contributed by atoms with Gasteiger partial charge in [-0.3, -0.25) is 0 Å². The van der Waals surface area contributed by atoms with Gasteiger partial charge < -0.3 is 15.0 Å². The lowest BCUT2D eigenvalue weighted by atomic mass is 10.1. The fourth-order valence-corrected chi connectivity index (χ4v) is 2.40. The minimum Gasteiger partial charge on any atom is -0.375 e. The summed E-state index contributed by atoms with van der Waals surface area (Å²) in [6.07, 6.45) is 5.64. The van der Waals surface area contributed by atoms with Gasteiger partial charge in [-0.15, -0.1) is 0 Å². The van der Waals surface area contributed by atoms with Crippen molar-refractivity contribution in [2.75, 3.05) is 33.3 Å². The summed E-state index contributed by atoms with van der Waals surface area (Å²) in [6, 6.07) is 0.678. The predicted octanol–water partition coefficient (Wildman–Crippen LogP) is 0.849. The second-order valence-corrected chi connectivity index (χ2v) is 4.58. The minimum atomic E-state index is 0.470. The van der Waals surface area contributed by atoms with Crippen LogP contribution in [0.15, 0.2) is 0 Å². The number of rotatable bonds is 3. The molecule has 2 aliphatic heterocycles. The van der Waals surface area contributed by atoms with Gasteiger partial charge in [-0.05, 0) is 45.8 Å². The molecule has 3 nitrogen and oxygen atoms in total. The Balaban J connectivity index is 1.65. The third-order valence-corrected chi connectivity index (χ3v) is 3.45. The van der Waals surface area contributed by atoms with Crippen LogP contribution in [0, 0.1) is 0 Å². The fraction of sp³-hybridized carbons (Fsp3) is 1.00. The Hall–Kier alpha value is -0.120. The van der Waals surface area contributed by atoms with Crippen LogP contribution in [0.3, 0.4) is 0 Å². The van der Waals surface area contributed by atoms with Gasteiger partial charge in [0.2, 0.25) is 0 Å². The highest BCUT2D eigenvalue weighted by atomic mass is 16.5. The Morgan fingerprint density at radius 3 is 2.93 bits per heavy atom. The lowest BCUT2D eigenvalue weighted by molar-refractivity contribution is 0.0107. The van der Waals surface area contributed by atoms with Crippen LogP contribution in [-0.4, -0.2) is 50.3 Å². The van der Waals surface area contributed by atoms with Gasteiger partial charge in [-0.2, -0.15) is 0 Å². The van der Waals surface area contributed by atoms with E-state index in [9.17, 15) is 0 Å². The van der Waals surface area contributed by atoms with Gasteiger partial charge in [0.15, 0.2) is 0 Å². The third-order valence-electron chi connectivity index (χ3n) is 3.45. The van der Waals surface area contributed by atoms with Gasteiger partial charge in [-0.25, -0.2) is 0 Å². The highest BCUT2D eigenvalue weighted by molar-refractivity contribution is 4.77. The molecule has 2 atom stereocenters. The summed E-state index contributed by atoms with van der Waals surface area (Å²) in [5.41, 5.74) is 0. The Morgan fingerprint density at radius 1 is 1.36 bits per heavy atom. The molecule has 0 aromatic rings. The SMILES string of the molecule is CN1CCCC1COC1CCCNC1. The Kier molecular flexibility index (Phi) is 3.79. The fourth-order valence-electron chi connectivity index (χ4n) is 2.40. The zero-order chi connectivity index (χ0) is 9.80. The van der Waals surface area contributed by atoms with Gasteiger partial charge in [0.05, 0.1) is 12.7 Å². The maximum absolute atomic E-state index is 5.93. The van der Waals surface area contributed by atoms with Crippen molar-refractivity contribution in [3.05, 3.63) is 0 Å². The molecule has 0 amide bonds. The first-order valence-electron chi connectivity index (χ1n) is 5.89. The summed E-state index contributed by atoms with van der Waals surface area (Å²) in [5.74, 6) is 0. The van der Waals surface area contributed by atoms with Gasteiger partial charge in [0, 0.05) is 12.6 Å². The van der Waals surface area contributed by atoms with Gasteiger partial charge in [0.1, 0.15) is 0 Å². The first kappa shape index (κ1) is 10.4. The zero-order valence-corrected chi connectivity index (χ0v) is 9.17. The van der Waals surface area contributed by atoms with E-state index in [0.29, 0.717) is 12.1 Å². The van der Waals surface area contributed by atoms with Crippen molar-refractivity contribution < 1.29 is 4.74 Å². The average molecular weight is 198 g/mol. The second-order valence-electron chi connectivity index (χ2n) is 4.58. The molecule has 2 aliphatic rings. The minimum absolute atomic E-state index is 0.470. The number of nitrogens with one attached hydrogen (secondary N) is 1. The van der Waals surface area contributed by atoms with E-state index in [1.807, 2.05) is 0 Å². The van der Waals surface area contributed by atoms with E-state index >= 15 is 0 Å². The summed E-state index contributed by atoms with van der Waals surface area (Å²) in [6.45, 7) is 4.40. The van der Waals surface area contributed by atoms with Crippen molar-refractivity contribution in [2.45, 2.75) is 37.8 Å². The van der Waals surface area contributed by atoms with Gasteiger partial charge >= 0.3 is 0 Å². The molecule has 0 saturated carbocycles. The van der Waals surface area contributed by atoms with Gasteiger partial charge in [0.25, 0.3) is 0 Å². The molecule has 14 heavy (non-hydrogen) atoms. The Bertz CT molecular complexity index is 169. The molecule has 2 heterocycles. The van der Waals surface area contributed by atoms with Crippen LogP contribution in [0.2, 0.25) is 0 Å². The first-order chi connectivity index (χ1) is 6.86. The maximum Gasteiger partial charge on any atom is 0.0700 e.